The van der Waals surface area contributed by atoms with Crippen molar-refractivity contribution in [2.45, 2.75) is 39.8 Å². The van der Waals surface area contributed by atoms with Crippen molar-refractivity contribution >= 4 is 29.6 Å². The average Bonchev–Trinajstić information content (AvgIpc) is 2.70. The second kappa shape index (κ2) is 10.9. The summed E-state index contributed by atoms with van der Waals surface area (Å²) in [6, 6.07) is 13.2. The number of benzene rings is 2. The van der Waals surface area contributed by atoms with E-state index in [0.717, 1.165) is 5.56 Å². The molecule has 170 valence electrons. The second-order valence-electron chi connectivity index (χ2n) is 7.90. The van der Waals surface area contributed by atoms with Gasteiger partial charge >= 0.3 is 12.1 Å². The Labute approximate surface area is 186 Å². The molecule has 0 unspecified atom stereocenters. The SMILES string of the molecule is CC(=O)Oc1cccc(C(=O)NCc2ccc(NC(=O)CNC(=O)OC(C)(C)C)cc2)c1. The van der Waals surface area contributed by atoms with Gasteiger partial charge in [0.05, 0.1) is 0 Å². The largest absolute Gasteiger partial charge is 0.444 e. The fraction of sp³-hybridized carbons (Fsp3) is 0.304. The molecule has 0 heterocycles. The second-order valence-corrected chi connectivity index (χ2v) is 7.90. The quantitative estimate of drug-likeness (QED) is 0.448. The highest BCUT2D eigenvalue weighted by atomic mass is 16.6. The van der Waals surface area contributed by atoms with Crippen molar-refractivity contribution in [2.75, 3.05) is 11.9 Å². The van der Waals surface area contributed by atoms with E-state index in [0.29, 0.717) is 17.0 Å². The van der Waals surface area contributed by atoms with Gasteiger partial charge in [-0.2, -0.15) is 0 Å². The molecule has 2 rings (SSSR count). The van der Waals surface area contributed by atoms with Crippen molar-refractivity contribution in [3.63, 3.8) is 0 Å². The summed E-state index contributed by atoms with van der Waals surface area (Å²) in [5, 5.41) is 7.83. The first-order chi connectivity index (χ1) is 15.0. The number of rotatable bonds is 7. The number of anilines is 1. The monoisotopic (exact) mass is 441 g/mol. The Hall–Kier alpha value is -3.88. The molecule has 0 aromatic heterocycles. The highest BCUT2D eigenvalue weighted by Gasteiger charge is 2.16. The van der Waals surface area contributed by atoms with Crippen molar-refractivity contribution < 1.29 is 28.7 Å². The first-order valence-corrected chi connectivity index (χ1v) is 9.94. The highest BCUT2D eigenvalue weighted by molar-refractivity contribution is 5.95. The molecule has 0 radical (unpaired) electrons. The van der Waals surface area contributed by atoms with E-state index < -0.39 is 23.6 Å². The molecule has 0 fully saturated rings. The van der Waals surface area contributed by atoms with E-state index >= 15 is 0 Å². The van der Waals surface area contributed by atoms with Crippen LogP contribution in [0.25, 0.3) is 0 Å². The topological polar surface area (TPSA) is 123 Å². The molecular weight excluding hydrogens is 414 g/mol. The van der Waals surface area contributed by atoms with Crippen LogP contribution in [0.2, 0.25) is 0 Å². The lowest BCUT2D eigenvalue weighted by Gasteiger charge is -2.19. The number of carbonyl (C=O) groups excluding carboxylic acids is 4. The zero-order valence-corrected chi connectivity index (χ0v) is 18.5. The van der Waals surface area contributed by atoms with Gasteiger partial charge in [-0.3, -0.25) is 14.4 Å². The number of hydrogen-bond acceptors (Lipinski definition) is 6. The van der Waals surface area contributed by atoms with Crippen LogP contribution in [-0.4, -0.2) is 36.0 Å². The summed E-state index contributed by atoms with van der Waals surface area (Å²) < 4.78 is 10.0. The summed E-state index contributed by atoms with van der Waals surface area (Å²) in [5.41, 5.74) is 1.09. The third-order valence-corrected chi connectivity index (χ3v) is 3.84. The lowest BCUT2D eigenvalue weighted by Crippen LogP contribution is -2.37. The minimum absolute atomic E-state index is 0.223. The Morgan fingerprint density at radius 1 is 0.938 bits per heavy atom. The molecule has 0 saturated carbocycles. The molecule has 0 aliphatic heterocycles. The molecule has 0 aliphatic carbocycles. The van der Waals surface area contributed by atoms with E-state index in [2.05, 4.69) is 16.0 Å². The predicted molar refractivity (Wildman–Crippen MR) is 118 cm³/mol. The van der Waals surface area contributed by atoms with Gasteiger partial charge in [-0.15, -0.1) is 0 Å². The molecular formula is C23H27N3O6. The molecule has 3 amide bonds. The molecule has 0 saturated heterocycles. The van der Waals surface area contributed by atoms with Gasteiger partial charge in [0.15, 0.2) is 0 Å². The number of alkyl carbamates (subject to hydrolysis) is 1. The first kappa shape index (κ1) is 24.4. The number of nitrogens with one attached hydrogen (secondary N) is 3. The maximum Gasteiger partial charge on any atom is 0.408 e. The van der Waals surface area contributed by atoms with Crippen molar-refractivity contribution in [2.24, 2.45) is 0 Å². The van der Waals surface area contributed by atoms with Gasteiger partial charge in [-0.1, -0.05) is 18.2 Å². The molecule has 2 aromatic rings. The fourth-order valence-electron chi connectivity index (χ4n) is 2.53. The average molecular weight is 441 g/mol. The first-order valence-electron chi connectivity index (χ1n) is 9.94. The van der Waals surface area contributed by atoms with Gasteiger partial charge in [0.2, 0.25) is 5.91 Å². The standard InChI is InChI=1S/C23H27N3O6/c1-15(27)31-19-7-5-6-17(12-19)21(29)24-13-16-8-10-18(11-9-16)26-20(28)14-25-22(30)32-23(2,3)4/h5-12H,13-14H2,1-4H3,(H,24,29)(H,25,30)(H,26,28). The molecule has 0 bridgehead atoms. The summed E-state index contributed by atoms with van der Waals surface area (Å²) in [6.07, 6.45) is -0.669. The number of hydrogen-bond donors (Lipinski definition) is 3. The third kappa shape index (κ3) is 8.86. The number of ether oxygens (including phenoxy) is 2. The maximum atomic E-state index is 12.3. The van der Waals surface area contributed by atoms with Crippen LogP contribution in [0.1, 0.15) is 43.6 Å². The lowest BCUT2D eigenvalue weighted by molar-refractivity contribution is -0.131. The molecule has 0 spiro atoms. The van der Waals surface area contributed by atoms with Gasteiger partial charge in [-0.25, -0.2) is 4.79 Å². The van der Waals surface area contributed by atoms with Crippen molar-refractivity contribution in [3.05, 3.63) is 59.7 Å². The summed E-state index contributed by atoms with van der Waals surface area (Å²) in [4.78, 5) is 46.9. The zero-order valence-electron chi connectivity index (χ0n) is 18.5. The van der Waals surface area contributed by atoms with E-state index in [1.807, 2.05) is 0 Å². The van der Waals surface area contributed by atoms with Gasteiger partial charge in [0.1, 0.15) is 17.9 Å². The van der Waals surface area contributed by atoms with Crippen LogP contribution in [-0.2, 0) is 20.9 Å². The van der Waals surface area contributed by atoms with Crippen molar-refractivity contribution in [1.82, 2.24) is 10.6 Å². The Morgan fingerprint density at radius 2 is 1.62 bits per heavy atom. The van der Waals surface area contributed by atoms with Crippen LogP contribution >= 0.6 is 0 Å². The van der Waals surface area contributed by atoms with Gasteiger partial charge in [0.25, 0.3) is 5.91 Å². The zero-order chi connectivity index (χ0) is 23.7. The lowest BCUT2D eigenvalue weighted by atomic mass is 10.1. The Balaban J connectivity index is 1.81. The predicted octanol–water partition coefficient (Wildman–Crippen LogP) is 3.01. The Kier molecular flexibility index (Phi) is 8.34. The third-order valence-electron chi connectivity index (χ3n) is 3.84. The molecule has 9 nitrogen and oxygen atoms in total. The molecule has 0 atom stereocenters. The van der Waals surface area contributed by atoms with E-state index in [4.69, 9.17) is 9.47 Å². The van der Waals surface area contributed by atoms with Crippen LogP contribution in [0.3, 0.4) is 0 Å². The normalized spacial score (nSPS) is 10.6. The fourth-order valence-corrected chi connectivity index (χ4v) is 2.53. The van der Waals surface area contributed by atoms with E-state index in [1.165, 1.54) is 13.0 Å². The smallest absolute Gasteiger partial charge is 0.408 e. The van der Waals surface area contributed by atoms with Gasteiger partial charge in [-0.05, 0) is 56.7 Å². The van der Waals surface area contributed by atoms with Crippen LogP contribution in [0.15, 0.2) is 48.5 Å². The molecule has 0 aliphatic rings. The van der Waals surface area contributed by atoms with Crippen LogP contribution in [0, 0.1) is 0 Å². The molecule has 2 aromatic carbocycles. The van der Waals surface area contributed by atoms with Gasteiger partial charge in [0, 0.05) is 24.7 Å². The molecule has 32 heavy (non-hydrogen) atoms. The van der Waals surface area contributed by atoms with Gasteiger partial charge < -0.3 is 25.4 Å². The van der Waals surface area contributed by atoms with Crippen LogP contribution in [0.4, 0.5) is 10.5 Å². The summed E-state index contributed by atoms with van der Waals surface area (Å²) in [7, 11) is 0. The molecule has 3 N–H and O–H groups in total. The summed E-state index contributed by atoms with van der Waals surface area (Å²) in [6.45, 7) is 6.53. The number of amides is 3. The summed E-state index contributed by atoms with van der Waals surface area (Å²) >= 11 is 0. The van der Waals surface area contributed by atoms with Crippen LogP contribution in [0.5, 0.6) is 5.75 Å². The van der Waals surface area contributed by atoms with Crippen LogP contribution < -0.4 is 20.7 Å². The van der Waals surface area contributed by atoms with E-state index in [-0.39, 0.29) is 19.0 Å². The minimum Gasteiger partial charge on any atom is -0.444 e. The van der Waals surface area contributed by atoms with Crippen molar-refractivity contribution in [3.8, 4) is 5.75 Å². The number of esters is 1. The van der Waals surface area contributed by atoms with E-state index in [1.54, 1.807) is 63.2 Å². The maximum absolute atomic E-state index is 12.3. The minimum atomic E-state index is -0.669. The highest BCUT2D eigenvalue weighted by Crippen LogP contribution is 2.14. The van der Waals surface area contributed by atoms with Crippen molar-refractivity contribution in [1.29, 1.82) is 0 Å². The summed E-state index contributed by atoms with van der Waals surface area (Å²) in [5.74, 6) is -0.879. The molecule has 9 heteroatoms. The Morgan fingerprint density at radius 3 is 2.25 bits per heavy atom. The number of carbonyl (C=O) groups is 4. The van der Waals surface area contributed by atoms with E-state index in [9.17, 15) is 19.2 Å². The Bertz CT molecular complexity index is 980.